The van der Waals surface area contributed by atoms with Crippen LogP contribution in [0.2, 0.25) is 0 Å². The lowest BCUT2D eigenvalue weighted by Gasteiger charge is -2.17. The Morgan fingerprint density at radius 2 is 2.07 bits per heavy atom. The normalized spacial score (nSPS) is 13.0. The van der Waals surface area contributed by atoms with E-state index < -0.39 is 0 Å². The fraction of sp³-hybridized carbons (Fsp3) is 0.118. The van der Waals surface area contributed by atoms with Gasteiger partial charge in [-0.25, -0.2) is 15.0 Å². The first-order valence-corrected chi connectivity index (χ1v) is 8.28. The quantitative estimate of drug-likeness (QED) is 0.522. The number of aldehydes is 1. The monoisotopic (exact) mass is 361 g/mol. The Kier molecular flexibility index (Phi) is 3.37. The van der Waals surface area contributed by atoms with Gasteiger partial charge < -0.3 is 0 Å². The van der Waals surface area contributed by atoms with Crippen LogP contribution in [0, 0.1) is 0 Å². The molecule has 0 aliphatic carbocycles. The standard InChI is InChI=1S/C17H15N9O/c1-24-9-12(4-20-24)14-6-19-16-17(21-14)26(23-22-16)8-11-2-3-15-18-5-13(10-27)25(15)7-11/h2-7,9-10,23H,8H2,1H3,(H,19,22). The first-order valence-electron chi connectivity index (χ1n) is 8.28. The molecule has 10 heteroatoms. The maximum Gasteiger partial charge on any atom is 0.190 e. The Morgan fingerprint density at radius 3 is 2.89 bits per heavy atom. The number of anilines is 2. The van der Waals surface area contributed by atoms with Crippen molar-refractivity contribution in [3.63, 3.8) is 0 Å². The predicted molar refractivity (Wildman–Crippen MR) is 97.8 cm³/mol. The number of pyridine rings is 1. The molecule has 0 fully saturated rings. The van der Waals surface area contributed by atoms with E-state index in [0.717, 1.165) is 28.8 Å². The third-order valence-corrected chi connectivity index (χ3v) is 4.38. The van der Waals surface area contributed by atoms with Crippen LogP contribution in [0.15, 0.2) is 43.1 Å². The van der Waals surface area contributed by atoms with Crippen molar-refractivity contribution in [1.29, 1.82) is 0 Å². The summed E-state index contributed by atoms with van der Waals surface area (Å²) >= 11 is 0. The van der Waals surface area contributed by atoms with Crippen LogP contribution in [0.25, 0.3) is 16.9 Å². The molecule has 4 aromatic heterocycles. The highest BCUT2D eigenvalue weighted by molar-refractivity contribution is 5.74. The second kappa shape index (κ2) is 5.88. The summed E-state index contributed by atoms with van der Waals surface area (Å²) in [5.74, 6) is 1.35. The van der Waals surface area contributed by atoms with Crippen LogP contribution in [-0.4, -0.2) is 35.4 Å². The van der Waals surface area contributed by atoms with Gasteiger partial charge in [-0.05, 0) is 11.6 Å². The molecule has 0 bridgehead atoms. The smallest absolute Gasteiger partial charge is 0.190 e. The van der Waals surface area contributed by atoms with Crippen molar-refractivity contribution in [2.45, 2.75) is 6.54 Å². The van der Waals surface area contributed by atoms with Crippen molar-refractivity contribution in [1.82, 2.24) is 34.7 Å². The van der Waals surface area contributed by atoms with Gasteiger partial charge in [0.05, 0.1) is 30.8 Å². The zero-order chi connectivity index (χ0) is 18.4. The van der Waals surface area contributed by atoms with Crippen molar-refractivity contribution in [2.75, 3.05) is 10.4 Å². The third kappa shape index (κ3) is 2.59. The topological polar surface area (TPSA) is 105 Å². The summed E-state index contributed by atoms with van der Waals surface area (Å²) in [6, 6.07) is 3.85. The zero-order valence-electron chi connectivity index (χ0n) is 14.4. The minimum atomic E-state index is 0.512. The number of rotatable bonds is 4. The van der Waals surface area contributed by atoms with Crippen LogP contribution in [0.3, 0.4) is 0 Å². The molecule has 0 amide bonds. The van der Waals surface area contributed by atoms with Crippen LogP contribution >= 0.6 is 0 Å². The van der Waals surface area contributed by atoms with E-state index in [1.165, 1.54) is 0 Å². The predicted octanol–water partition coefficient (Wildman–Crippen LogP) is 1.19. The number of carbonyl (C=O) groups excluding carboxylic acids is 1. The van der Waals surface area contributed by atoms with Crippen molar-refractivity contribution in [3.05, 3.63) is 54.4 Å². The number of fused-ring (bicyclic) bond motifs is 2. The van der Waals surface area contributed by atoms with E-state index in [2.05, 4.69) is 26.0 Å². The van der Waals surface area contributed by atoms with Crippen molar-refractivity contribution in [3.8, 4) is 11.3 Å². The van der Waals surface area contributed by atoms with Crippen molar-refractivity contribution in [2.24, 2.45) is 7.05 Å². The summed E-state index contributed by atoms with van der Waals surface area (Å²) in [5.41, 5.74) is 9.95. The summed E-state index contributed by atoms with van der Waals surface area (Å²) < 4.78 is 3.49. The number of hydrogen-bond acceptors (Lipinski definition) is 8. The highest BCUT2D eigenvalue weighted by atomic mass is 16.1. The average molecular weight is 361 g/mol. The lowest BCUT2D eigenvalue weighted by atomic mass is 10.2. The van der Waals surface area contributed by atoms with Crippen molar-refractivity contribution >= 4 is 23.6 Å². The zero-order valence-corrected chi connectivity index (χ0v) is 14.4. The molecule has 5 heterocycles. The highest BCUT2D eigenvalue weighted by Crippen LogP contribution is 2.28. The molecule has 1 aliphatic heterocycles. The lowest BCUT2D eigenvalue weighted by Crippen LogP contribution is -2.35. The van der Waals surface area contributed by atoms with E-state index in [0.29, 0.717) is 23.9 Å². The van der Waals surface area contributed by atoms with Gasteiger partial charge in [-0.2, -0.15) is 5.10 Å². The number of aryl methyl sites for hydroxylation is 1. The fourth-order valence-electron chi connectivity index (χ4n) is 3.04. The van der Waals surface area contributed by atoms with E-state index in [9.17, 15) is 4.79 Å². The van der Waals surface area contributed by atoms with Crippen molar-refractivity contribution < 1.29 is 4.79 Å². The number of nitrogens with one attached hydrogen (secondary N) is 2. The largest absolute Gasteiger partial charge is 0.297 e. The number of imidazole rings is 1. The van der Waals surface area contributed by atoms with E-state index in [-0.39, 0.29) is 0 Å². The van der Waals surface area contributed by atoms with Crippen LogP contribution in [0.4, 0.5) is 11.6 Å². The molecule has 1 aliphatic rings. The molecule has 0 saturated carbocycles. The fourth-order valence-corrected chi connectivity index (χ4v) is 3.04. The molecule has 10 nitrogen and oxygen atoms in total. The van der Waals surface area contributed by atoms with Gasteiger partial charge in [0.15, 0.2) is 17.9 Å². The molecule has 0 spiro atoms. The molecule has 134 valence electrons. The number of hydrogen-bond donors (Lipinski definition) is 2. The Balaban J connectivity index is 1.47. The first kappa shape index (κ1) is 15.5. The second-order valence-corrected chi connectivity index (χ2v) is 6.22. The van der Waals surface area contributed by atoms with Crippen LogP contribution < -0.4 is 16.0 Å². The minimum absolute atomic E-state index is 0.512. The maximum atomic E-state index is 11.2. The number of carbonyl (C=O) groups is 1. The van der Waals surface area contributed by atoms with Gasteiger partial charge in [0, 0.05) is 25.0 Å². The molecule has 0 aromatic carbocycles. The minimum Gasteiger partial charge on any atom is -0.297 e. The number of hydrazine groups is 2. The molecule has 4 aromatic rings. The van der Waals surface area contributed by atoms with Crippen LogP contribution in [-0.2, 0) is 13.6 Å². The molecular formula is C17H15N9O. The average Bonchev–Trinajstić information content (AvgIpc) is 3.40. The molecule has 2 N–H and O–H groups in total. The summed E-state index contributed by atoms with van der Waals surface area (Å²) in [4.78, 5) is 24.5. The van der Waals surface area contributed by atoms with Gasteiger partial charge in [0.25, 0.3) is 0 Å². The summed E-state index contributed by atoms with van der Waals surface area (Å²) in [7, 11) is 1.86. The van der Waals surface area contributed by atoms with E-state index in [4.69, 9.17) is 4.98 Å². The van der Waals surface area contributed by atoms with Gasteiger partial charge in [-0.15, -0.1) is 5.53 Å². The van der Waals surface area contributed by atoms with Gasteiger partial charge in [-0.1, -0.05) is 6.07 Å². The molecule has 0 unspecified atom stereocenters. The van der Waals surface area contributed by atoms with Gasteiger partial charge in [-0.3, -0.25) is 24.3 Å². The Morgan fingerprint density at radius 1 is 1.15 bits per heavy atom. The molecule has 5 rings (SSSR count). The van der Waals surface area contributed by atoms with E-state index in [1.807, 2.05) is 36.6 Å². The molecule has 0 radical (unpaired) electrons. The maximum absolute atomic E-state index is 11.2. The molecule has 0 saturated heterocycles. The van der Waals surface area contributed by atoms with E-state index in [1.54, 1.807) is 27.7 Å². The molecular weight excluding hydrogens is 346 g/mol. The number of nitrogens with zero attached hydrogens (tertiary/aromatic N) is 7. The molecule has 27 heavy (non-hydrogen) atoms. The Bertz CT molecular complexity index is 1160. The first-order chi connectivity index (χ1) is 13.2. The number of aromatic nitrogens is 6. The summed E-state index contributed by atoms with van der Waals surface area (Å²) in [6.45, 7) is 0.525. The SMILES string of the molecule is Cn1cc(-c2cnc3c(n2)N(Cc2ccc4ncc(C=O)n4c2)NN3)cn1. The lowest BCUT2D eigenvalue weighted by molar-refractivity contribution is 0.111. The highest BCUT2D eigenvalue weighted by Gasteiger charge is 2.23. The Hall–Kier alpha value is -3.79. The summed E-state index contributed by atoms with van der Waals surface area (Å²) in [6.07, 6.45) is 9.60. The van der Waals surface area contributed by atoms with Gasteiger partial charge in [0.1, 0.15) is 11.3 Å². The van der Waals surface area contributed by atoms with E-state index >= 15 is 0 Å². The van der Waals surface area contributed by atoms with Gasteiger partial charge >= 0.3 is 0 Å². The van der Waals surface area contributed by atoms with Crippen LogP contribution in [0.5, 0.6) is 0 Å². The Labute approximate surface area is 153 Å². The third-order valence-electron chi connectivity index (χ3n) is 4.38. The van der Waals surface area contributed by atoms with Gasteiger partial charge in [0.2, 0.25) is 0 Å². The second-order valence-electron chi connectivity index (χ2n) is 6.22. The van der Waals surface area contributed by atoms with Crippen LogP contribution in [0.1, 0.15) is 16.1 Å². The molecule has 0 atom stereocenters. The summed E-state index contributed by atoms with van der Waals surface area (Å²) in [5, 5.41) is 6.04.